The molecule has 2 aromatic rings. The molecule has 0 aliphatic rings. The molecule has 0 aliphatic heterocycles. The molecule has 0 aromatic heterocycles. The molecule has 0 unspecified atom stereocenters. The second kappa shape index (κ2) is 6.10. The number of hydrogen-bond acceptors (Lipinski definition) is 3. The van der Waals surface area contributed by atoms with Crippen LogP contribution in [0.15, 0.2) is 48.5 Å². The van der Waals surface area contributed by atoms with Gasteiger partial charge < -0.3 is 4.74 Å². The predicted octanol–water partition coefficient (Wildman–Crippen LogP) is 3.25. The van der Waals surface area contributed by atoms with Gasteiger partial charge in [-0.05, 0) is 36.5 Å². The van der Waals surface area contributed by atoms with Crippen molar-refractivity contribution in [2.75, 3.05) is 5.43 Å². The van der Waals surface area contributed by atoms with Crippen molar-refractivity contribution in [3.05, 3.63) is 60.2 Å². The lowest BCUT2D eigenvalue weighted by atomic mass is 10.3. The van der Waals surface area contributed by atoms with Crippen molar-refractivity contribution >= 4 is 23.1 Å². The van der Waals surface area contributed by atoms with Crippen LogP contribution in [0.3, 0.4) is 0 Å². The number of thiocarbonyl (C=S) groups is 1. The molecule has 3 nitrogen and oxygen atoms in total. The molecule has 0 saturated carbocycles. The van der Waals surface area contributed by atoms with Crippen LogP contribution >= 0.6 is 12.2 Å². The summed E-state index contributed by atoms with van der Waals surface area (Å²) in [7, 11) is 0. The summed E-state index contributed by atoms with van der Waals surface area (Å²) < 4.78 is 31.5. The van der Waals surface area contributed by atoms with Gasteiger partial charge in [-0.2, -0.15) is 0 Å². The Morgan fingerprint density at radius 3 is 2.53 bits per heavy atom. The molecule has 0 fully saturated rings. The van der Waals surface area contributed by atoms with Crippen LogP contribution in [-0.2, 0) is 0 Å². The van der Waals surface area contributed by atoms with E-state index < -0.39 is 11.6 Å². The first-order chi connectivity index (χ1) is 9.15. The van der Waals surface area contributed by atoms with Crippen LogP contribution in [0, 0.1) is 11.6 Å². The number of para-hydroxylation sites is 1. The molecule has 2 N–H and O–H groups in total. The van der Waals surface area contributed by atoms with E-state index >= 15 is 0 Å². The quantitative estimate of drug-likeness (QED) is 0.668. The summed E-state index contributed by atoms with van der Waals surface area (Å²) in [4.78, 5) is 0. The summed E-state index contributed by atoms with van der Waals surface area (Å²) in [6.45, 7) is 0. The smallest absolute Gasteiger partial charge is 0.281 e. The highest BCUT2D eigenvalue weighted by Crippen LogP contribution is 2.14. The molecule has 0 spiro atoms. The maximum atomic E-state index is 13.3. The number of hydrogen-bond donors (Lipinski definition) is 2. The summed E-state index contributed by atoms with van der Waals surface area (Å²) in [6, 6.07) is 11.9. The standard InChI is InChI=1S/C13H10F2N2OS/c14-9-6-7-11(15)12(8-9)16-17-13(19)18-10-4-2-1-3-5-10/h1-8,16H,(H,17,19). The number of nitrogens with one attached hydrogen (secondary N) is 2. The van der Waals surface area contributed by atoms with Crippen molar-refractivity contribution < 1.29 is 13.5 Å². The maximum absolute atomic E-state index is 13.3. The topological polar surface area (TPSA) is 33.3 Å². The largest absolute Gasteiger partial charge is 0.431 e. The summed E-state index contributed by atoms with van der Waals surface area (Å²) in [5.74, 6) is -0.612. The van der Waals surface area contributed by atoms with Gasteiger partial charge in [0, 0.05) is 6.07 Å². The van der Waals surface area contributed by atoms with Crippen LogP contribution in [-0.4, -0.2) is 5.17 Å². The Morgan fingerprint density at radius 2 is 1.79 bits per heavy atom. The third-order valence-electron chi connectivity index (χ3n) is 2.18. The van der Waals surface area contributed by atoms with E-state index in [2.05, 4.69) is 10.9 Å². The van der Waals surface area contributed by atoms with Crippen molar-refractivity contribution in [2.45, 2.75) is 0 Å². The molecule has 0 saturated heterocycles. The summed E-state index contributed by atoms with van der Waals surface area (Å²) in [5, 5.41) is -0.00476. The molecule has 0 atom stereocenters. The Labute approximate surface area is 114 Å². The first kappa shape index (κ1) is 13.2. The van der Waals surface area contributed by atoms with E-state index in [0.29, 0.717) is 5.75 Å². The third-order valence-corrected chi connectivity index (χ3v) is 2.37. The van der Waals surface area contributed by atoms with Gasteiger partial charge in [-0.3, -0.25) is 10.9 Å². The van der Waals surface area contributed by atoms with E-state index in [4.69, 9.17) is 17.0 Å². The number of hydrazine groups is 1. The summed E-state index contributed by atoms with van der Waals surface area (Å²) in [6.07, 6.45) is 0. The number of benzene rings is 2. The van der Waals surface area contributed by atoms with Crippen LogP contribution in [0.1, 0.15) is 0 Å². The first-order valence-corrected chi connectivity index (χ1v) is 5.80. The SMILES string of the molecule is Fc1ccc(F)c(NNC(=S)Oc2ccccc2)c1. The molecule has 19 heavy (non-hydrogen) atoms. The number of anilines is 1. The summed E-state index contributed by atoms with van der Waals surface area (Å²) >= 11 is 4.90. The second-order valence-corrected chi connectivity index (χ2v) is 3.95. The molecule has 0 amide bonds. The number of rotatable bonds is 3. The van der Waals surface area contributed by atoms with Crippen molar-refractivity contribution in [3.8, 4) is 5.75 Å². The van der Waals surface area contributed by atoms with Crippen LogP contribution < -0.4 is 15.6 Å². The zero-order valence-corrected chi connectivity index (χ0v) is 10.5. The minimum Gasteiger partial charge on any atom is -0.431 e. The van der Waals surface area contributed by atoms with E-state index in [0.717, 1.165) is 18.2 Å². The maximum Gasteiger partial charge on any atom is 0.281 e. The fraction of sp³-hybridized carbons (Fsp3) is 0. The van der Waals surface area contributed by atoms with Gasteiger partial charge in [0.1, 0.15) is 17.4 Å². The lowest BCUT2D eigenvalue weighted by Gasteiger charge is -2.12. The van der Waals surface area contributed by atoms with E-state index in [-0.39, 0.29) is 10.9 Å². The fourth-order valence-electron chi connectivity index (χ4n) is 1.33. The number of ether oxygens (including phenoxy) is 1. The average Bonchev–Trinajstić information content (AvgIpc) is 2.41. The highest BCUT2D eigenvalue weighted by Gasteiger charge is 2.04. The Hall–Kier alpha value is -2.21. The fourth-order valence-corrected chi connectivity index (χ4v) is 1.48. The Balaban J connectivity index is 1.92. The van der Waals surface area contributed by atoms with Gasteiger partial charge in [0.2, 0.25) is 0 Å². The molecular weight excluding hydrogens is 270 g/mol. The number of halogens is 2. The second-order valence-electron chi connectivity index (χ2n) is 3.58. The van der Waals surface area contributed by atoms with Gasteiger partial charge in [-0.25, -0.2) is 8.78 Å². The average molecular weight is 280 g/mol. The van der Waals surface area contributed by atoms with Crippen molar-refractivity contribution in [2.24, 2.45) is 0 Å². The molecule has 6 heteroatoms. The molecular formula is C13H10F2N2OS. The van der Waals surface area contributed by atoms with Crippen LogP contribution in [0.2, 0.25) is 0 Å². The molecule has 0 radical (unpaired) electrons. The first-order valence-electron chi connectivity index (χ1n) is 5.39. The van der Waals surface area contributed by atoms with Crippen LogP contribution in [0.25, 0.3) is 0 Å². The van der Waals surface area contributed by atoms with E-state index in [1.165, 1.54) is 0 Å². The van der Waals surface area contributed by atoms with Gasteiger partial charge in [0.15, 0.2) is 0 Å². The molecule has 98 valence electrons. The molecule has 2 aromatic carbocycles. The Bertz CT molecular complexity index is 578. The van der Waals surface area contributed by atoms with Crippen LogP contribution in [0.5, 0.6) is 5.75 Å². The monoisotopic (exact) mass is 280 g/mol. The molecule has 0 aliphatic carbocycles. The zero-order valence-electron chi connectivity index (χ0n) is 9.69. The van der Waals surface area contributed by atoms with Gasteiger partial charge in [0.25, 0.3) is 5.17 Å². The van der Waals surface area contributed by atoms with Crippen LogP contribution in [0.4, 0.5) is 14.5 Å². The minimum atomic E-state index is -0.601. The van der Waals surface area contributed by atoms with E-state index in [9.17, 15) is 8.78 Å². The van der Waals surface area contributed by atoms with Gasteiger partial charge >= 0.3 is 0 Å². The highest BCUT2D eigenvalue weighted by atomic mass is 32.1. The lowest BCUT2D eigenvalue weighted by molar-refractivity contribution is 0.539. The van der Waals surface area contributed by atoms with Crippen molar-refractivity contribution in [1.82, 2.24) is 5.43 Å². The van der Waals surface area contributed by atoms with E-state index in [1.54, 1.807) is 24.3 Å². The van der Waals surface area contributed by atoms with Gasteiger partial charge in [-0.1, -0.05) is 18.2 Å². The van der Waals surface area contributed by atoms with Gasteiger partial charge in [0.05, 0.1) is 5.69 Å². The summed E-state index contributed by atoms with van der Waals surface area (Å²) in [5.41, 5.74) is 4.85. The third kappa shape index (κ3) is 3.89. The Morgan fingerprint density at radius 1 is 1.05 bits per heavy atom. The predicted molar refractivity (Wildman–Crippen MR) is 72.8 cm³/mol. The van der Waals surface area contributed by atoms with Crippen molar-refractivity contribution in [3.63, 3.8) is 0 Å². The highest BCUT2D eigenvalue weighted by molar-refractivity contribution is 7.80. The molecule has 0 heterocycles. The van der Waals surface area contributed by atoms with E-state index in [1.807, 2.05) is 6.07 Å². The zero-order chi connectivity index (χ0) is 13.7. The molecule has 2 rings (SSSR count). The molecule has 0 bridgehead atoms. The lowest BCUT2D eigenvalue weighted by Crippen LogP contribution is -2.32. The van der Waals surface area contributed by atoms with Crippen molar-refractivity contribution in [1.29, 1.82) is 0 Å². The normalized spacial score (nSPS) is 9.79. The Kier molecular flexibility index (Phi) is 4.25. The minimum absolute atomic E-state index is 0.00476. The van der Waals surface area contributed by atoms with Gasteiger partial charge in [-0.15, -0.1) is 0 Å².